The molecule has 96 valence electrons. The highest BCUT2D eigenvalue weighted by molar-refractivity contribution is 4.89. The first-order chi connectivity index (χ1) is 7.43. The van der Waals surface area contributed by atoms with Gasteiger partial charge < -0.3 is 10.2 Å². The van der Waals surface area contributed by atoms with Crippen molar-refractivity contribution in [2.75, 3.05) is 20.1 Å². The van der Waals surface area contributed by atoms with Crippen molar-refractivity contribution in [1.82, 2.24) is 10.2 Å². The van der Waals surface area contributed by atoms with Crippen LogP contribution in [-0.2, 0) is 0 Å². The Morgan fingerprint density at radius 3 is 2.56 bits per heavy atom. The second-order valence-corrected chi connectivity index (χ2v) is 6.32. The van der Waals surface area contributed by atoms with Crippen LogP contribution >= 0.6 is 0 Å². The zero-order chi connectivity index (χ0) is 12.2. The Morgan fingerprint density at radius 2 is 2.06 bits per heavy atom. The fourth-order valence-corrected chi connectivity index (χ4v) is 2.57. The van der Waals surface area contributed by atoms with Crippen LogP contribution in [0.1, 0.15) is 53.4 Å². The summed E-state index contributed by atoms with van der Waals surface area (Å²) < 4.78 is 0. The van der Waals surface area contributed by atoms with E-state index in [0.717, 1.165) is 6.04 Å². The van der Waals surface area contributed by atoms with Crippen molar-refractivity contribution in [3.63, 3.8) is 0 Å². The first-order valence-corrected chi connectivity index (χ1v) is 6.87. The third-order valence-corrected chi connectivity index (χ3v) is 4.22. The third kappa shape index (κ3) is 4.06. The lowest BCUT2D eigenvalue weighted by Gasteiger charge is -2.28. The standard InChI is InChI=1S/C14H30N2/c1-12(2)16(5)11-7-10-15-13-8-6-9-14(13,3)4/h12-13,15H,6-11H2,1-5H3. The highest BCUT2D eigenvalue weighted by Gasteiger charge is 2.33. The van der Waals surface area contributed by atoms with E-state index in [2.05, 4.69) is 45.0 Å². The Bertz CT molecular complexity index is 199. The van der Waals surface area contributed by atoms with E-state index in [1.807, 2.05) is 0 Å². The molecule has 0 heterocycles. The zero-order valence-corrected chi connectivity index (χ0v) is 11.8. The summed E-state index contributed by atoms with van der Waals surface area (Å²) in [6.07, 6.45) is 5.42. The Kier molecular flexibility index (Phi) is 5.26. The monoisotopic (exact) mass is 226 g/mol. The van der Waals surface area contributed by atoms with Gasteiger partial charge in [-0.3, -0.25) is 0 Å². The molecule has 0 radical (unpaired) electrons. The molecule has 2 nitrogen and oxygen atoms in total. The maximum absolute atomic E-state index is 3.74. The molecule has 1 aliphatic rings. The molecule has 1 N–H and O–H groups in total. The molecular formula is C14H30N2. The predicted molar refractivity (Wildman–Crippen MR) is 71.8 cm³/mol. The van der Waals surface area contributed by atoms with Crippen LogP contribution < -0.4 is 5.32 Å². The zero-order valence-electron chi connectivity index (χ0n) is 11.8. The minimum atomic E-state index is 0.518. The summed E-state index contributed by atoms with van der Waals surface area (Å²) >= 11 is 0. The van der Waals surface area contributed by atoms with Crippen LogP contribution in [0.2, 0.25) is 0 Å². The van der Waals surface area contributed by atoms with E-state index >= 15 is 0 Å². The molecule has 1 unspecified atom stereocenters. The molecule has 0 amide bonds. The first-order valence-electron chi connectivity index (χ1n) is 6.87. The van der Waals surface area contributed by atoms with Crippen molar-refractivity contribution in [2.24, 2.45) is 5.41 Å². The molecule has 1 atom stereocenters. The lowest BCUT2D eigenvalue weighted by molar-refractivity contribution is 0.252. The predicted octanol–water partition coefficient (Wildman–Crippen LogP) is 2.89. The van der Waals surface area contributed by atoms with Crippen LogP contribution in [0.25, 0.3) is 0 Å². The van der Waals surface area contributed by atoms with E-state index in [9.17, 15) is 0 Å². The van der Waals surface area contributed by atoms with Crippen molar-refractivity contribution in [3.05, 3.63) is 0 Å². The van der Waals surface area contributed by atoms with E-state index in [4.69, 9.17) is 0 Å². The SMILES string of the molecule is CC(C)N(C)CCCNC1CCCC1(C)C. The van der Waals surface area contributed by atoms with Crippen molar-refractivity contribution < 1.29 is 0 Å². The number of nitrogens with one attached hydrogen (secondary N) is 1. The van der Waals surface area contributed by atoms with Crippen LogP contribution in [0.3, 0.4) is 0 Å². The smallest absolute Gasteiger partial charge is 0.0118 e. The maximum atomic E-state index is 3.74. The van der Waals surface area contributed by atoms with Gasteiger partial charge in [-0.2, -0.15) is 0 Å². The van der Waals surface area contributed by atoms with Gasteiger partial charge >= 0.3 is 0 Å². The lowest BCUT2D eigenvalue weighted by atomic mass is 9.87. The van der Waals surface area contributed by atoms with Crippen LogP contribution in [0.15, 0.2) is 0 Å². The average Bonchev–Trinajstić information content (AvgIpc) is 2.52. The summed E-state index contributed by atoms with van der Waals surface area (Å²) in [5.74, 6) is 0. The van der Waals surface area contributed by atoms with E-state index in [1.54, 1.807) is 0 Å². The lowest BCUT2D eigenvalue weighted by Crippen LogP contribution is -2.39. The molecule has 0 bridgehead atoms. The van der Waals surface area contributed by atoms with E-state index in [1.165, 1.54) is 38.8 Å². The van der Waals surface area contributed by atoms with Crippen LogP contribution in [-0.4, -0.2) is 37.1 Å². The van der Waals surface area contributed by atoms with Gasteiger partial charge in [-0.25, -0.2) is 0 Å². The Labute approximate surface area is 102 Å². The van der Waals surface area contributed by atoms with E-state index in [-0.39, 0.29) is 0 Å². The molecule has 0 aromatic carbocycles. The molecule has 0 aliphatic heterocycles. The van der Waals surface area contributed by atoms with Crippen molar-refractivity contribution in [3.8, 4) is 0 Å². The van der Waals surface area contributed by atoms with Gasteiger partial charge in [0.2, 0.25) is 0 Å². The van der Waals surface area contributed by atoms with Gasteiger partial charge in [0.15, 0.2) is 0 Å². The summed E-state index contributed by atoms with van der Waals surface area (Å²) in [4.78, 5) is 2.42. The summed E-state index contributed by atoms with van der Waals surface area (Å²) in [5, 5.41) is 3.74. The molecule has 1 rings (SSSR count). The third-order valence-electron chi connectivity index (χ3n) is 4.22. The average molecular weight is 226 g/mol. The molecule has 1 aliphatic carbocycles. The van der Waals surface area contributed by atoms with Gasteiger partial charge in [-0.1, -0.05) is 20.3 Å². The number of hydrogen-bond acceptors (Lipinski definition) is 2. The second-order valence-electron chi connectivity index (χ2n) is 6.32. The van der Waals surface area contributed by atoms with Crippen LogP contribution in [0.5, 0.6) is 0 Å². The molecule has 0 spiro atoms. The molecule has 2 heteroatoms. The van der Waals surface area contributed by atoms with Gasteiger partial charge in [0.1, 0.15) is 0 Å². The highest BCUT2D eigenvalue weighted by Crippen LogP contribution is 2.36. The molecule has 1 saturated carbocycles. The van der Waals surface area contributed by atoms with Gasteiger partial charge in [-0.05, 0) is 58.7 Å². The minimum absolute atomic E-state index is 0.518. The highest BCUT2D eigenvalue weighted by atomic mass is 15.1. The molecule has 0 aromatic heterocycles. The maximum Gasteiger partial charge on any atom is 0.0118 e. The van der Waals surface area contributed by atoms with Crippen molar-refractivity contribution in [2.45, 2.75) is 65.5 Å². The van der Waals surface area contributed by atoms with E-state index in [0.29, 0.717) is 11.5 Å². The molecule has 1 fully saturated rings. The minimum Gasteiger partial charge on any atom is -0.313 e. The molecule has 16 heavy (non-hydrogen) atoms. The normalized spacial score (nSPS) is 24.6. The number of rotatable bonds is 6. The topological polar surface area (TPSA) is 15.3 Å². The summed E-state index contributed by atoms with van der Waals surface area (Å²) in [6.45, 7) is 11.7. The number of nitrogens with zero attached hydrogens (tertiary/aromatic N) is 1. The Balaban J connectivity index is 2.12. The van der Waals surface area contributed by atoms with Gasteiger partial charge in [0.25, 0.3) is 0 Å². The van der Waals surface area contributed by atoms with Crippen LogP contribution in [0, 0.1) is 5.41 Å². The van der Waals surface area contributed by atoms with Crippen molar-refractivity contribution in [1.29, 1.82) is 0 Å². The van der Waals surface area contributed by atoms with Gasteiger partial charge in [-0.15, -0.1) is 0 Å². The fraction of sp³-hybridized carbons (Fsp3) is 1.00. The number of hydrogen-bond donors (Lipinski definition) is 1. The second kappa shape index (κ2) is 6.02. The quantitative estimate of drug-likeness (QED) is 0.701. The Morgan fingerprint density at radius 1 is 1.38 bits per heavy atom. The molecular weight excluding hydrogens is 196 g/mol. The largest absolute Gasteiger partial charge is 0.313 e. The molecule has 0 aromatic rings. The van der Waals surface area contributed by atoms with E-state index < -0.39 is 0 Å². The summed E-state index contributed by atoms with van der Waals surface area (Å²) in [6, 6.07) is 1.42. The summed E-state index contributed by atoms with van der Waals surface area (Å²) in [7, 11) is 2.21. The molecule has 0 saturated heterocycles. The van der Waals surface area contributed by atoms with Crippen molar-refractivity contribution >= 4 is 0 Å². The Hall–Kier alpha value is -0.0800. The fourth-order valence-electron chi connectivity index (χ4n) is 2.57. The van der Waals surface area contributed by atoms with Gasteiger partial charge in [0.05, 0.1) is 0 Å². The van der Waals surface area contributed by atoms with Crippen LogP contribution in [0.4, 0.5) is 0 Å². The van der Waals surface area contributed by atoms with Gasteiger partial charge in [0, 0.05) is 12.1 Å². The first kappa shape index (κ1) is 14.0. The summed E-state index contributed by atoms with van der Waals surface area (Å²) in [5.41, 5.74) is 0.518.